The van der Waals surface area contributed by atoms with Crippen molar-refractivity contribution in [2.45, 2.75) is 79.3 Å². The molecule has 1 aromatic rings. The van der Waals surface area contributed by atoms with E-state index in [2.05, 4.69) is 27.0 Å². The van der Waals surface area contributed by atoms with Crippen LogP contribution in [0.15, 0.2) is 54.7 Å². The third kappa shape index (κ3) is 16.5. The normalized spacial score (nSPS) is 11.2. The van der Waals surface area contributed by atoms with Crippen molar-refractivity contribution in [1.29, 1.82) is 0 Å². The van der Waals surface area contributed by atoms with Crippen molar-refractivity contribution < 1.29 is 26.7 Å². The predicted octanol–water partition coefficient (Wildman–Crippen LogP) is 8.95. The lowest BCUT2D eigenvalue weighted by Gasteiger charge is -2.15. The number of carbonyl (C=O) groups is 1. The van der Waals surface area contributed by atoms with Gasteiger partial charge in [0, 0.05) is 5.57 Å². The van der Waals surface area contributed by atoms with E-state index in [1.807, 2.05) is 0 Å². The van der Waals surface area contributed by atoms with Gasteiger partial charge in [0.05, 0.1) is 0 Å². The summed E-state index contributed by atoms with van der Waals surface area (Å²) in [5, 5.41) is 0. The lowest BCUT2D eigenvalue weighted by molar-refractivity contribution is -0.113. The first-order chi connectivity index (χ1) is 14.8. The molecule has 1 rings (SSSR count). The summed E-state index contributed by atoms with van der Waals surface area (Å²) in [5.74, 6) is 0.0877. The summed E-state index contributed by atoms with van der Waals surface area (Å²) < 4.78 is 61.0. The van der Waals surface area contributed by atoms with Crippen molar-refractivity contribution in [1.82, 2.24) is 0 Å². The third-order valence-electron chi connectivity index (χ3n) is 4.64. The fraction of sp³-hybridized carbons (Fsp3) is 0.500. The molecule has 0 atom stereocenters. The Morgan fingerprint density at radius 1 is 1.03 bits per heavy atom. The van der Waals surface area contributed by atoms with Crippen LogP contribution in [0.4, 0.5) is 22.0 Å². The molecule has 0 amide bonds. The molecule has 0 saturated heterocycles. The number of hydrogen-bond donors (Lipinski definition) is 0. The Hall–Kier alpha value is -2.24. The Bertz CT molecular complexity index is 714. The molecule has 0 bridgehead atoms. The van der Waals surface area contributed by atoms with Gasteiger partial charge in [-0.3, -0.25) is 4.79 Å². The number of hydrogen-bond acceptors (Lipinski definition) is 1. The van der Waals surface area contributed by atoms with Crippen LogP contribution in [-0.2, 0) is 11.2 Å². The second kappa shape index (κ2) is 17.3. The minimum atomic E-state index is -4.20. The van der Waals surface area contributed by atoms with E-state index >= 15 is 0 Å². The summed E-state index contributed by atoms with van der Waals surface area (Å²) in [6, 6.07) is 3.72. The topological polar surface area (TPSA) is 17.1 Å². The predicted molar refractivity (Wildman–Crippen MR) is 123 cm³/mol. The molecule has 0 saturated carbocycles. The maximum Gasteiger partial charge on any atom is 0.412 e. The molecule has 0 N–H and O–H groups in total. The minimum absolute atomic E-state index is 0.0648. The fourth-order valence-corrected chi connectivity index (χ4v) is 2.62. The van der Waals surface area contributed by atoms with Gasteiger partial charge in [0.1, 0.15) is 11.6 Å². The highest BCUT2D eigenvalue weighted by molar-refractivity contribution is 5.91. The number of Topliss-reactive ketones (excluding diaryl/α,β-unsaturated/α-hetero) is 1. The van der Waals surface area contributed by atoms with Crippen molar-refractivity contribution in [3.63, 3.8) is 0 Å². The molecule has 0 aliphatic rings. The van der Waals surface area contributed by atoms with Crippen LogP contribution >= 0.6 is 0 Å². The molecule has 0 spiro atoms. The van der Waals surface area contributed by atoms with Crippen LogP contribution in [0, 0.1) is 17.6 Å². The molecule has 182 valence electrons. The van der Waals surface area contributed by atoms with Crippen molar-refractivity contribution in [2.24, 2.45) is 5.92 Å². The number of halogens is 5. The summed E-state index contributed by atoms with van der Waals surface area (Å²) >= 11 is 0. The number of rotatable bonds is 9. The second-order valence-corrected chi connectivity index (χ2v) is 7.64. The number of benzene rings is 1. The molecule has 0 aromatic heterocycles. The highest BCUT2D eigenvalue weighted by Crippen LogP contribution is 2.24. The van der Waals surface area contributed by atoms with E-state index in [1.54, 1.807) is 6.92 Å². The van der Waals surface area contributed by atoms with Crippen LogP contribution in [0.2, 0.25) is 0 Å². The van der Waals surface area contributed by atoms with Crippen molar-refractivity contribution in [2.75, 3.05) is 0 Å². The summed E-state index contributed by atoms with van der Waals surface area (Å²) in [4.78, 5) is 10.0. The maximum atomic E-state index is 13.4. The van der Waals surface area contributed by atoms with Gasteiger partial charge in [-0.2, -0.15) is 13.2 Å². The molecule has 32 heavy (non-hydrogen) atoms. The van der Waals surface area contributed by atoms with E-state index in [0.29, 0.717) is 23.5 Å². The molecular formula is C26H37F5O. The molecule has 0 heterocycles. The monoisotopic (exact) mass is 460 g/mol. The molecule has 0 fully saturated rings. The first-order valence-electron chi connectivity index (χ1n) is 10.8. The smallest absolute Gasteiger partial charge is 0.295 e. The Morgan fingerprint density at radius 2 is 1.53 bits per heavy atom. The molecule has 1 aromatic carbocycles. The van der Waals surface area contributed by atoms with Crippen molar-refractivity contribution in [3.8, 4) is 0 Å². The standard InChI is InChI=1S/C15H22F2.C6H7F3.C5H8O/c1-3-5-12(6-4-2)7-8-13-11-14(16)9-10-15(13)17;1-3-4-5(2)6(7,8)9;1-4(2)5(3)6/h9-12H,3-8H2,1-2H3;3-4H,1H2,2H3;1H2,2-3H3/b;5-4+;. The largest absolute Gasteiger partial charge is 0.412 e. The Labute approximate surface area is 190 Å². The van der Waals surface area contributed by atoms with Gasteiger partial charge >= 0.3 is 6.18 Å². The zero-order valence-electron chi connectivity index (χ0n) is 19.9. The first-order valence-corrected chi connectivity index (χ1v) is 10.8. The Balaban J connectivity index is 0. The number of ketones is 1. The van der Waals surface area contributed by atoms with Crippen molar-refractivity contribution in [3.05, 3.63) is 71.9 Å². The minimum Gasteiger partial charge on any atom is -0.295 e. The SMILES string of the molecule is C=C(C)C(C)=O.C=C/C=C(\C)C(F)(F)F.CCCC(CCC)CCc1cc(F)ccc1F. The lowest BCUT2D eigenvalue weighted by atomic mass is 9.91. The van der Waals surface area contributed by atoms with E-state index in [0.717, 1.165) is 38.3 Å². The zero-order valence-corrected chi connectivity index (χ0v) is 19.9. The summed E-state index contributed by atoms with van der Waals surface area (Å²) in [7, 11) is 0. The van der Waals surface area contributed by atoms with E-state index < -0.39 is 11.7 Å². The number of carbonyl (C=O) groups excluding carboxylic acids is 1. The highest BCUT2D eigenvalue weighted by atomic mass is 19.4. The second-order valence-electron chi connectivity index (χ2n) is 7.64. The van der Waals surface area contributed by atoms with Crippen LogP contribution in [-0.4, -0.2) is 12.0 Å². The molecule has 0 radical (unpaired) electrons. The van der Waals surface area contributed by atoms with Gasteiger partial charge in [-0.15, -0.1) is 0 Å². The van der Waals surface area contributed by atoms with E-state index in [-0.39, 0.29) is 17.4 Å². The van der Waals surface area contributed by atoms with Gasteiger partial charge in [-0.05, 0) is 68.9 Å². The molecule has 0 aliphatic heterocycles. The van der Waals surface area contributed by atoms with Gasteiger partial charge in [-0.25, -0.2) is 8.78 Å². The van der Waals surface area contributed by atoms with Gasteiger partial charge in [0.2, 0.25) is 0 Å². The summed E-state index contributed by atoms with van der Waals surface area (Å²) in [6.07, 6.45) is 4.15. The van der Waals surface area contributed by atoms with E-state index in [9.17, 15) is 26.7 Å². The van der Waals surface area contributed by atoms with Crippen LogP contribution in [0.1, 0.15) is 72.3 Å². The van der Waals surface area contributed by atoms with Gasteiger partial charge in [0.15, 0.2) is 5.78 Å². The number of allylic oxidation sites excluding steroid dienone is 4. The van der Waals surface area contributed by atoms with E-state index in [4.69, 9.17) is 0 Å². The molecule has 0 unspecified atom stereocenters. The van der Waals surface area contributed by atoms with Gasteiger partial charge in [0.25, 0.3) is 0 Å². The quantitative estimate of drug-likeness (QED) is 0.204. The van der Waals surface area contributed by atoms with Crippen molar-refractivity contribution >= 4 is 5.78 Å². The molecule has 1 nitrogen and oxygen atoms in total. The van der Waals surface area contributed by atoms with Crippen LogP contribution in [0.3, 0.4) is 0 Å². The van der Waals surface area contributed by atoms with E-state index in [1.165, 1.54) is 38.0 Å². The number of aryl methyl sites for hydroxylation is 1. The Kier molecular flexibility index (Phi) is 17.3. The molecular weight excluding hydrogens is 423 g/mol. The summed E-state index contributed by atoms with van der Waals surface area (Å²) in [6.45, 7) is 15.1. The average molecular weight is 461 g/mol. The third-order valence-corrected chi connectivity index (χ3v) is 4.64. The Morgan fingerprint density at radius 3 is 1.88 bits per heavy atom. The fourth-order valence-electron chi connectivity index (χ4n) is 2.62. The molecule has 0 aliphatic carbocycles. The average Bonchev–Trinajstić information content (AvgIpc) is 2.69. The maximum absolute atomic E-state index is 13.4. The van der Waals surface area contributed by atoms with Crippen LogP contribution in [0.25, 0.3) is 0 Å². The first kappa shape index (κ1) is 31.9. The van der Waals surface area contributed by atoms with Crippen LogP contribution in [0.5, 0.6) is 0 Å². The van der Waals surface area contributed by atoms with Crippen LogP contribution < -0.4 is 0 Å². The van der Waals surface area contributed by atoms with Gasteiger partial charge in [-0.1, -0.05) is 64.8 Å². The molecule has 6 heteroatoms. The summed E-state index contributed by atoms with van der Waals surface area (Å²) in [5.41, 5.74) is 0.509. The highest BCUT2D eigenvalue weighted by Gasteiger charge is 2.28. The van der Waals surface area contributed by atoms with Gasteiger partial charge < -0.3 is 0 Å². The number of alkyl halides is 3. The zero-order chi connectivity index (χ0) is 25.3. The lowest BCUT2D eigenvalue weighted by Crippen LogP contribution is -2.08.